The molecule has 0 radical (unpaired) electrons. The minimum Gasteiger partial charge on any atom is -0.375 e. The Hall–Kier alpha value is -0.190. The predicted octanol–water partition coefficient (Wildman–Crippen LogP) is 0.688. The average Bonchev–Trinajstić information content (AvgIpc) is 1.83. The standard InChI is InChI=1S/C6H13O5P/c1-6(2)5-10-3-4-11-12(7,8)9/h1,3-5H2,2H3,(H2,7,8,9). The van der Waals surface area contributed by atoms with Gasteiger partial charge in [-0.2, -0.15) is 0 Å². The highest BCUT2D eigenvalue weighted by atomic mass is 31.2. The fourth-order valence-corrected chi connectivity index (χ4v) is 0.774. The second kappa shape index (κ2) is 5.45. The monoisotopic (exact) mass is 196 g/mol. The number of hydrogen-bond acceptors (Lipinski definition) is 3. The van der Waals surface area contributed by atoms with E-state index >= 15 is 0 Å². The quantitative estimate of drug-likeness (QED) is 0.371. The van der Waals surface area contributed by atoms with Gasteiger partial charge in [-0.15, -0.1) is 0 Å². The van der Waals surface area contributed by atoms with Crippen molar-refractivity contribution in [3.63, 3.8) is 0 Å². The Labute approximate surface area is 71.2 Å². The molecule has 0 aromatic heterocycles. The van der Waals surface area contributed by atoms with Gasteiger partial charge in [-0.05, 0) is 6.92 Å². The van der Waals surface area contributed by atoms with Gasteiger partial charge in [0, 0.05) is 0 Å². The highest BCUT2D eigenvalue weighted by Crippen LogP contribution is 2.35. The number of hydrogen-bond donors (Lipinski definition) is 2. The van der Waals surface area contributed by atoms with Crippen molar-refractivity contribution in [2.75, 3.05) is 19.8 Å². The van der Waals surface area contributed by atoms with E-state index in [0.29, 0.717) is 6.61 Å². The fraction of sp³-hybridized carbons (Fsp3) is 0.667. The molecule has 12 heavy (non-hydrogen) atoms. The van der Waals surface area contributed by atoms with Crippen molar-refractivity contribution in [2.24, 2.45) is 0 Å². The summed E-state index contributed by atoms with van der Waals surface area (Å²) in [4.78, 5) is 16.5. The molecule has 2 N–H and O–H groups in total. The van der Waals surface area contributed by atoms with E-state index in [2.05, 4.69) is 11.1 Å². The molecule has 0 atom stereocenters. The van der Waals surface area contributed by atoms with Crippen molar-refractivity contribution in [3.8, 4) is 0 Å². The lowest BCUT2D eigenvalue weighted by atomic mass is 10.4. The molecule has 0 unspecified atom stereocenters. The molecule has 0 rings (SSSR count). The summed E-state index contributed by atoms with van der Waals surface area (Å²) in [6.07, 6.45) is 0. The summed E-state index contributed by atoms with van der Waals surface area (Å²) in [6, 6.07) is 0. The SMILES string of the molecule is C=C(C)COCCOP(=O)(O)O. The fourth-order valence-electron chi connectivity index (χ4n) is 0.462. The third kappa shape index (κ3) is 9.81. The lowest BCUT2D eigenvalue weighted by molar-refractivity contribution is 0.0984. The molecule has 0 aromatic carbocycles. The summed E-state index contributed by atoms with van der Waals surface area (Å²) in [7, 11) is -4.33. The number of phosphoric ester groups is 1. The van der Waals surface area contributed by atoms with E-state index in [-0.39, 0.29) is 13.2 Å². The zero-order valence-corrected chi connectivity index (χ0v) is 7.79. The lowest BCUT2D eigenvalue weighted by Gasteiger charge is -2.05. The highest BCUT2D eigenvalue weighted by Gasteiger charge is 2.12. The molecule has 0 bridgehead atoms. The van der Waals surface area contributed by atoms with Crippen LogP contribution in [0.5, 0.6) is 0 Å². The van der Waals surface area contributed by atoms with E-state index in [0.717, 1.165) is 5.57 Å². The van der Waals surface area contributed by atoms with Crippen LogP contribution in [0.15, 0.2) is 12.2 Å². The van der Waals surface area contributed by atoms with Crippen molar-refractivity contribution in [3.05, 3.63) is 12.2 Å². The van der Waals surface area contributed by atoms with Gasteiger partial charge in [-0.3, -0.25) is 4.52 Å². The van der Waals surface area contributed by atoms with Crippen molar-refractivity contribution in [1.29, 1.82) is 0 Å². The van der Waals surface area contributed by atoms with Gasteiger partial charge in [-0.1, -0.05) is 12.2 Å². The molecule has 0 amide bonds. The van der Waals surface area contributed by atoms with Crippen LogP contribution >= 0.6 is 7.82 Å². The summed E-state index contributed by atoms with van der Waals surface area (Å²) in [5, 5.41) is 0. The van der Waals surface area contributed by atoms with E-state index in [1.54, 1.807) is 6.92 Å². The third-order valence-corrected chi connectivity index (χ3v) is 1.35. The van der Waals surface area contributed by atoms with Gasteiger partial charge in [0.05, 0.1) is 19.8 Å². The van der Waals surface area contributed by atoms with E-state index < -0.39 is 7.82 Å². The predicted molar refractivity (Wildman–Crippen MR) is 43.6 cm³/mol. The molecule has 0 aromatic rings. The molecule has 0 aliphatic carbocycles. The second-order valence-electron chi connectivity index (χ2n) is 2.33. The minimum absolute atomic E-state index is 0.114. The van der Waals surface area contributed by atoms with Crippen molar-refractivity contribution < 1.29 is 23.6 Å². The van der Waals surface area contributed by atoms with E-state index in [9.17, 15) is 4.57 Å². The van der Waals surface area contributed by atoms with Crippen molar-refractivity contribution in [1.82, 2.24) is 0 Å². The molecule has 0 aliphatic rings. The highest BCUT2D eigenvalue weighted by molar-refractivity contribution is 7.46. The molecular formula is C6H13O5P. The molecular weight excluding hydrogens is 183 g/mol. The van der Waals surface area contributed by atoms with Crippen LogP contribution in [0.2, 0.25) is 0 Å². The normalized spacial score (nSPS) is 11.6. The van der Waals surface area contributed by atoms with Gasteiger partial charge < -0.3 is 14.5 Å². The van der Waals surface area contributed by atoms with E-state index in [1.807, 2.05) is 0 Å². The summed E-state index contributed by atoms with van der Waals surface area (Å²) in [5.74, 6) is 0. The minimum atomic E-state index is -4.33. The first-order valence-corrected chi connectivity index (χ1v) is 4.87. The van der Waals surface area contributed by atoms with E-state index in [4.69, 9.17) is 14.5 Å². The lowest BCUT2D eigenvalue weighted by Crippen LogP contribution is -2.04. The second-order valence-corrected chi connectivity index (χ2v) is 3.57. The molecule has 6 heteroatoms. The summed E-state index contributed by atoms with van der Waals surface area (Å²) >= 11 is 0. The molecule has 0 aliphatic heterocycles. The Kier molecular flexibility index (Phi) is 5.37. The van der Waals surface area contributed by atoms with Gasteiger partial charge in [0.25, 0.3) is 0 Å². The maximum atomic E-state index is 10.1. The Bertz CT molecular complexity index is 184. The van der Waals surface area contributed by atoms with Gasteiger partial charge in [0.1, 0.15) is 0 Å². The molecule has 0 fully saturated rings. The van der Waals surface area contributed by atoms with Crippen LogP contribution in [0, 0.1) is 0 Å². The first-order valence-electron chi connectivity index (χ1n) is 3.34. The molecule has 0 heterocycles. The van der Waals surface area contributed by atoms with Crippen LogP contribution in [-0.4, -0.2) is 29.6 Å². The van der Waals surface area contributed by atoms with Gasteiger partial charge in [0.2, 0.25) is 0 Å². The number of ether oxygens (including phenoxy) is 1. The average molecular weight is 196 g/mol. The maximum Gasteiger partial charge on any atom is 0.469 e. The van der Waals surface area contributed by atoms with Crippen LogP contribution in [-0.2, 0) is 13.8 Å². The van der Waals surface area contributed by atoms with Gasteiger partial charge in [0.15, 0.2) is 0 Å². The van der Waals surface area contributed by atoms with Crippen LogP contribution in [0.25, 0.3) is 0 Å². The molecule has 0 saturated carbocycles. The van der Waals surface area contributed by atoms with Gasteiger partial charge in [-0.25, -0.2) is 4.57 Å². The molecule has 72 valence electrons. The van der Waals surface area contributed by atoms with Crippen LogP contribution in [0.4, 0.5) is 0 Å². The Morgan fingerprint density at radius 1 is 1.50 bits per heavy atom. The van der Waals surface area contributed by atoms with Gasteiger partial charge >= 0.3 is 7.82 Å². The third-order valence-electron chi connectivity index (χ3n) is 0.836. The Morgan fingerprint density at radius 2 is 2.08 bits per heavy atom. The van der Waals surface area contributed by atoms with Crippen molar-refractivity contribution in [2.45, 2.75) is 6.92 Å². The first kappa shape index (κ1) is 11.8. The summed E-state index contributed by atoms with van der Waals surface area (Å²) < 4.78 is 19.2. The molecule has 0 saturated heterocycles. The van der Waals surface area contributed by atoms with Crippen LogP contribution < -0.4 is 0 Å². The summed E-state index contributed by atoms with van der Waals surface area (Å²) in [6.45, 7) is 5.79. The largest absolute Gasteiger partial charge is 0.469 e. The Balaban J connectivity index is 3.23. The summed E-state index contributed by atoms with van der Waals surface area (Å²) in [5.41, 5.74) is 0.853. The zero-order chi connectivity index (χ0) is 9.61. The number of rotatable bonds is 6. The first-order chi connectivity index (χ1) is 5.42. The molecule has 5 nitrogen and oxygen atoms in total. The zero-order valence-electron chi connectivity index (χ0n) is 6.89. The maximum absolute atomic E-state index is 10.1. The molecule has 0 spiro atoms. The van der Waals surface area contributed by atoms with Crippen LogP contribution in [0.1, 0.15) is 6.92 Å². The topological polar surface area (TPSA) is 76.0 Å². The smallest absolute Gasteiger partial charge is 0.375 e. The Morgan fingerprint density at radius 3 is 2.50 bits per heavy atom. The number of phosphoric acid groups is 1. The van der Waals surface area contributed by atoms with Crippen LogP contribution in [0.3, 0.4) is 0 Å². The van der Waals surface area contributed by atoms with E-state index in [1.165, 1.54) is 0 Å². The van der Waals surface area contributed by atoms with Crippen molar-refractivity contribution >= 4 is 7.82 Å².